The number of nitrogens with two attached hydrogens (primary N) is 1. The van der Waals surface area contributed by atoms with Crippen LogP contribution in [-0.4, -0.2) is 235 Å². The second kappa shape index (κ2) is 33.6. The first-order chi connectivity index (χ1) is 42.1. The molecule has 2 aliphatic heterocycles. The van der Waals surface area contributed by atoms with E-state index in [1.807, 2.05) is 0 Å². The van der Waals surface area contributed by atoms with Crippen LogP contribution in [0.1, 0.15) is 58.4 Å². The fourth-order valence-electron chi connectivity index (χ4n) is 9.54. The van der Waals surface area contributed by atoms with Gasteiger partial charge < -0.3 is 65.4 Å². The molecule has 6 rings (SSSR count). The summed E-state index contributed by atoms with van der Waals surface area (Å²) in [4.78, 5) is 117. The van der Waals surface area contributed by atoms with Gasteiger partial charge in [-0.2, -0.15) is 14.7 Å². The molecule has 3 atom stereocenters. The standard InChI is InChI=1S/C56H78BrN15O15S/c1-6-88(81,82)69-35-56(36-69,15-16-58)72-33-40(32-63-72)49-42-13-19-71(50(42)62-37-61-49)54(79)67(4)20-21-68(5)55(80)87-34-39-9-11-41(12-10-39)64-52(77)48(38(2)3)66-51(76)44-8-7-18-70(44)53(78)43(30-45(59)73)65-46(74)14-22-83-24-26-85-28-29-86-27-25-84-23-17-60-47(75)31-57/h9-13,19,32-33,37-38,43-44,48H,6-8,14-15,17-18,20-31,34-36H2,1-5H3,(H2,59,73)(H,60,75)(H,64,77)(H,65,74)(H,66,76)/t43-,44-,48-/m0/s1. The predicted octanol–water partition coefficient (Wildman–Crippen LogP) is 1.14. The normalized spacial score (nSPS) is 15.4. The maximum atomic E-state index is 13.9. The van der Waals surface area contributed by atoms with E-state index in [2.05, 4.69) is 58.3 Å². The molecule has 1 aromatic carbocycles. The Hall–Kier alpha value is -7.67. The van der Waals surface area contributed by atoms with Crippen molar-refractivity contribution in [3.63, 3.8) is 0 Å². The van der Waals surface area contributed by atoms with Gasteiger partial charge in [-0.3, -0.25) is 38.0 Å². The Labute approximate surface area is 518 Å². The van der Waals surface area contributed by atoms with Gasteiger partial charge in [0.2, 0.25) is 45.5 Å². The van der Waals surface area contributed by atoms with Crippen LogP contribution in [-0.2, 0) is 74.6 Å². The zero-order chi connectivity index (χ0) is 64.0. The monoisotopic (exact) mass is 1310 g/mol. The highest BCUT2D eigenvalue weighted by atomic mass is 79.9. The van der Waals surface area contributed by atoms with E-state index in [-0.39, 0.29) is 95.4 Å². The molecule has 32 heteroatoms. The first-order valence-corrected chi connectivity index (χ1v) is 31.4. The number of alkyl halides is 1. The molecule has 2 saturated heterocycles. The smallest absolute Gasteiger partial charge is 0.409 e. The third-order valence-corrected chi connectivity index (χ3v) is 16.8. The highest BCUT2D eigenvalue weighted by Gasteiger charge is 2.50. The third kappa shape index (κ3) is 19.4. The van der Waals surface area contributed by atoms with Crippen molar-refractivity contribution in [1.29, 1.82) is 5.26 Å². The number of nitrogens with one attached hydrogen (secondary N) is 4. The number of nitriles is 1. The molecular weight excluding hydrogens is 1230 g/mol. The van der Waals surface area contributed by atoms with E-state index in [0.29, 0.717) is 79.5 Å². The van der Waals surface area contributed by atoms with Crippen LogP contribution >= 0.6 is 15.9 Å². The molecule has 8 amide bonds. The van der Waals surface area contributed by atoms with Gasteiger partial charge in [0.1, 0.15) is 36.6 Å². The number of ether oxygens (including phenoxy) is 5. The number of hydrogen-bond acceptors (Lipinski definition) is 19. The molecule has 0 aliphatic carbocycles. The molecule has 480 valence electrons. The quantitative estimate of drug-likeness (QED) is 0.0318. The fraction of sp³-hybridized carbons (Fsp3) is 0.571. The van der Waals surface area contributed by atoms with E-state index in [1.165, 1.54) is 36.9 Å². The number of likely N-dealkylation sites (tertiary alicyclic amines) is 1. The molecule has 0 bridgehead atoms. The van der Waals surface area contributed by atoms with Crippen molar-refractivity contribution in [1.82, 2.24) is 59.3 Å². The van der Waals surface area contributed by atoms with Gasteiger partial charge in [-0.25, -0.2) is 28.0 Å². The van der Waals surface area contributed by atoms with Crippen molar-refractivity contribution in [2.24, 2.45) is 11.7 Å². The fourth-order valence-corrected chi connectivity index (χ4v) is 11.0. The lowest BCUT2D eigenvalue weighted by Gasteiger charge is -2.47. The van der Waals surface area contributed by atoms with Crippen LogP contribution in [0.3, 0.4) is 0 Å². The van der Waals surface area contributed by atoms with E-state index < -0.39 is 87.7 Å². The van der Waals surface area contributed by atoms with Gasteiger partial charge in [-0.1, -0.05) is 41.9 Å². The summed E-state index contributed by atoms with van der Waals surface area (Å²) in [6.07, 6.45) is 5.62. The summed E-state index contributed by atoms with van der Waals surface area (Å²) < 4.78 is 56.5. The molecule has 5 heterocycles. The summed E-state index contributed by atoms with van der Waals surface area (Å²) >= 11 is 3.06. The van der Waals surface area contributed by atoms with E-state index in [4.69, 9.17) is 29.4 Å². The van der Waals surface area contributed by atoms with Gasteiger partial charge in [0.05, 0.1) is 94.7 Å². The van der Waals surface area contributed by atoms with Crippen LogP contribution < -0.4 is 27.0 Å². The number of primary amides is 1. The number of halogens is 1. The van der Waals surface area contributed by atoms with E-state index in [0.717, 1.165) is 0 Å². The first-order valence-electron chi connectivity index (χ1n) is 28.7. The molecule has 30 nitrogen and oxygen atoms in total. The van der Waals surface area contributed by atoms with Crippen LogP contribution in [0.25, 0.3) is 22.3 Å². The Kier molecular flexibility index (Phi) is 26.5. The molecule has 0 spiro atoms. The first kappa shape index (κ1) is 69.4. The Morgan fingerprint density at radius 3 is 2.18 bits per heavy atom. The number of nitrogens with zero attached hydrogens (tertiary/aromatic N) is 10. The number of sulfonamides is 1. The van der Waals surface area contributed by atoms with Crippen LogP contribution in [0, 0.1) is 17.2 Å². The number of aromatic nitrogens is 5. The second-order valence-electron chi connectivity index (χ2n) is 21.3. The largest absolute Gasteiger partial charge is 0.445 e. The lowest BCUT2D eigenvalue weighted by Crippen LogP contribution is -2.64. The number of fused-ring (bicyclic) bond motifs is 1. The van der Waals surface area contributed by atoms with Crippen molar-refractivity contribution >= 4 is 90.2 Å². The molecule has 0 saturated carbocycles. The molecule has 2 fully saturated rings. The lowest BCUT2D eigenvalue weighted by atomic mass is 9.89. The molecule has 0 unspecified atom stereocenters. The predicted molar refractivity (Wildman–Crippen MR) is 321 cm³/mol. The van der Waals surface area contributed by atoms with Crippen LogP contribution in [0.2, 0.25) is 0 Å². The zero-order valence-corrected chi connectivity index (χ0v) is 52.4. The summed E-state index contributed by atoms with van der Waals surface area (Å²) in [5.41, 5.74) is 7.01. The van der Waals surface area contributed by atoms with Gasteiger partial charge in [-0.05, 0) is 49.4 Å². The van der Waals surface area contributed by atoms with Crippen molar-refractivity contribution in [2.45, 2.75) is 83.1 Å². The molecule has 2 aliphatic rings. The summed E-state index contributed by atoms with van der Waals surface area (Å²) in [6.45, 7) is 8.11. The van der Waals surface area contributed by atoms with Gasteiger partial charge >= 0.3 is 12.1 Å². The third-order valence-electron chi connectivity index (χ3n) is 14.5. The number of amides is 8. The van der Waals surface area contributed by atoms with Crippen molar-refractivity contribution < 1.29 is 70.5 Å². The van der Waals surface area contributed by atoms with E-state index in [1.54, 1.807) is 81.4 Å². The number of carbonyl (C=O) groups excluding carboxylic acids is 8. The minimum absolute atomic E-state index is 0.00337. The molecule has 6 N–H and O–H groups in total. The molecule has 88 heavy (non-hydrogen) atoms. The second-order valence-corrected chi connectivity index (χ2v) is 24.1. The number of benzene rings is 1. The SMILES string of the molecule is CCS(=O)(=O)N1CC(CC#N)(n2cc(-c3ncnc4c3ccn4C(=O)N(C)CCN(C)C(=O)OCc3ccc(NC(=O)[C@@H](NC(=O)[C@@H]4CCCN4C(=O)[C@H](CC(N)=O)NC(=O)CCOCCOCCOCCOCCNC(=O)CBr)C(C)C)cc3)cn2)C1. The number of likely N-dealkylation sites (N-methyl/N-ethyl adjacent to an activating group) is 2. The highest BCUT2D eigenvalue weighted by molar-refractivity contribution is 9.09. The van der Waals surface area contributed by atoms with Crippen molar-refractivity contribution in [2.75, 3.05) is 123 Å². The van der Waals surface area contributed by atoms with Gasteiger partial charge in [0.15, 0.2) is 5.65 Å². The average molecular weight is 1310 g/mol. The van der Waals surface area contributed by atoms with Gasteiger partial charge in [-0.15, -0.1) is 0 Å². The zero-order valence-electron chi connectivity index (χ0n) is 50.0. The number of carbonyl (C=O) groups is 8. The van der Waals surface area contributed by atoms with Crippen molar-refractivity contribution in [3.8, 4) is 17.3 Å². The van der Waals surface area contributed by atoms with Crippen molar-refractivity contribution in [3.05, 3.63) is 60.8 Å². The van der Waals surface area contributed by atoms with Crippen LogP contribution in [0.15, 0.2) is 55.2 Å². The summed E-state index contributed by atoms with van der Waals surface area (Å²) in [7, 11) is -0.332. The number of rotatable bonds is 35. The summed E-state index contributed by atoms with van der Waals surface area (Å²) in [6, 6.07) is 6.57. The molecular formula is C56H78BrN15O15S. The van der Waals surface area contributed by atoms with Crippen LogP contribution in [0.5, 0.6) is 0 Å². The van der Waals surface area contributed by atoms with E-state index in [9.17, 15) is 52.0 Å². The van der Waals surface area contributed by atoms with E-state index >= 15 is 0 Å². The lowest BCUT2D eigenvalue weighted by molar-refractivity contribution is -0.143. The Morgan fingerprint density at radius 2 is 1.55 bits per heavy atom. The Balaban J connectivity index is 0.902. The maximum absolute atomic E-state index is 13.9. The highest BCUT2D eigenvalue weighted by Crippen LogP contribution is 2.36. The molecule has 4 aromatic rings. The topological polar surface area (TPSA) is 376 Å². The average Bonchev–Trinajstić information content (AvgIpc) is 1.66. The van der Waals surface area contributed by atoms with Gasteiger partial charge in [0, 0.05) is 88.8 Å². The summed E-state index contributed by atoms with van der Waals surface area (Å²) in [5.74, 6) is -3.77. The van der Waals surface area contributed by atoms with Gasteiger partial charge in [0.25, 0.3) is 0 Å². The minimum Gasteiger partial charge on any atom is -0.445 e. The Bertz CT molecular complexity index is 3210. The van der Waals surface area contributed by atoms with Crippen LogP contribution in [0.4, 0.5) is 15.3 Å². The number of hydrogen-bond donors (Lipinski definition) is 5. The minimum atomic E-state index is -3.44. The Morgan fingerprint density at radius 1 is 0.886 bits per heavy atom. The maximum Gasteiger partial charge on any atom is 0.409 e. The summed E-state index contributed by atoms with van der Waals surface area (Å²) in [5, 5.41) is 25.7. The number of anilines is 1. The molecule has 0 radical (unpaired) electrons. The molecule has 3 aromatic heterocycles.